The van der Waals surface area contributed by atoms with E-state index in [1.165, 1.54) is 25.7 Å². The van der Waals surface area contributed by atoms with Crippen LogP contribution in [0.2, 0.25) is 0 Å². The molecular formula is C19H25N5OS. The number of hydrogen-bond donors (Lipinski definition) is 3. The third-order valence-corrected chi connectivity index (χ3v) is 4.43. The van der Waals surface area contributed by atoms with Crippen LogP contribution < -0.4 is 20.7 Å². The first-order chi connectivity index (χ1) is 12.6. The van der Waals surface area contributed by atoms with Crippen molar-refractivity contribution < 1.29 is 4.74 Å². The van der Waals surface area contributed by atoms with Gasteiger partial charge >= 0.3 is 0 Å². The number of nitrogens with one attached hydrogen (secondary N) is 3. The first-order valence-corrected chi connectivity index (χ1v) is 9.46. The summed E-state index contributed by atoms with van der Waals surface area (Å²) in [6, 6.07) is 10.1. The van der Waals surface area contributed by atoms with Gasteiger partial charge in [0.1, 0.15) is 11.6 Å². The van der Waals surface area contributed by atoms with Crippen LogP contribution in [-0.2, 0) is 0 Å². The summed E-state index contributed by atoms with van der Waals surface area (Å²) in [4.78, 5) is 8.93. The Hall–Kier alpha value is -2.41. The van der Waals surface area contributed by atoms with Crippen molar-refractivity contribution in [1.82, 2.24) is 15.3 Å². The lowest BCUT2D eigenvalue weighted by Crippen LogP contribution is -2.36. The van der Waals surface area contributed by atoms with E-state index in [1.807, 2.05) is 44.2 Å². The molecule has 0 amide bonds. The van der Waals surface area contributed by atoms with Crippen LogP contribution in [0.25, 0.3) is 0 Å². The van der Waals surface area contributed by atoms with Crippen LogP contribution in [0.3, 0.4) is 0 Å². The largest absolute Gasteiger partial charge is 0.494 e. The van der Waals surface area contributed by atoms with Gasteiger partial charge in [0.25, 0.3) is 0 Å². The van der Waals surface area contributed by atoms with E-state index >= 15 is 0 Å². The van der Waals surface area contributed by atoms with Crippen molar-refractivity contribution in [2.75, 3.05) is 17.2 Å². The van der Waals surface area contributed by atoms with Crippen molar-refractivity contribution in [3.63, 3.8) is 0 Å². The molecule has 0 atom stereocenters. The van der Waals surface area contributed by atoms with Crippen LogP contribution in [0.1, 0.15) is 38.3 Å². The average molecular weight is 372 g/mol. The van der Waals surface area contributed by atoms with Gasteiger partial charge in [-0.05, 0) is 63.2 Å². The molecule has 6 nitrogen and oxygen atoms in total. The number of anilines is 3. The summed E-state index contributed by atoms with van der Waals surface area (Å²) in [5.41, 5.74) is 1.80. The Morgan fingerprint density at radius 2 is 1.92 bits per heavy atom. The fraction of sp³-hybridized carbons (Fsp3) is 0.421. The van der Waals surface area contributed by atoms with Crippen molar-refractivity contribution >= 4 is 34.8 Å². The zero-order valence-corrected chi connectivity index (χ0v) is 16.0. The third kappa shape index (κ3) is 5.29. The zero-order valence-electron chi connectivity index (χ0n) is 15.2. The Labute approximate surface area is 159 Å². The summed E-state index contributed by atoms with van der Waals surface area (Å²) >= 11 is 5.39. The SMILES string of the molecule is CCOc1ccc(Nc2cc(C)nc(NC(=S)NC3CCCC3)n2)cc1. The lowest BCUT2D eigenvalue weighted by molar-refractivity contribution is 0.340. The number of aromatic nitrogens is 2. The van der Waals surface area contributed by atoms with Gasteiger partial charge in [-0.1, -0.05) is 12.8 Å². The number of hydrogen-bond acceptors (Lipinski definition) is 5. The van der Waals surface area contributed by atoms with E-state index in [0.717, 1.165) is 17.1 Å². The number of nitrogens with zero attached hydrogens (tertiary/aromatic N) is 2. The lowest BCUT2D eigenvalue weighted by atomic mass is 10.3. The first kappa shape index (κ1) is 18.4. The van der Waals surface area contributed by atoms with E-state index in [-0.39, 0.29) is 0 Å². The fourth-order valence-electron chi connectivity index (χ4n) is 3.03. The van der Waals surface area contributed by atoms with Crippen LogP contribution in [0.15, 0.2) is 30.3 Å². The molecule has 1 aliphatic rings. The van der Waals surface area contributed by atoms with Crippen LogP contribution in [-0.4, -0.2) is 27.7 Å². The molecular weight excluding hydrogens is 346 g/mol. The summed E-state index contributed by atoms with van der Waals surface area (Å²) < 4.78 is 5.46. The standard InChI is InChI=1S/C19H25N5OS/c1-3-25-16-10-8-15(9-11-16)21-17-12-13(2)20-18(23-17)24-19(26)22-14-6-4-5-7-14/h8-12,14H,3-7H2,1-2H3,(H3,20,21,22,23,24,26). The molecule has 1 aliphatic carbocycles. The van der Waals surface area contributed by atoms with Gasteiger partial charge in [-0.15, -0.1) is 0 Å². The maximum absolute atomic E-state index is 5.46. The number of benzene rings is 1. The first-order valence-electron chi connectivity index (χ1n) is 9.05. The second-order valence-corrected chi connectivity index (χ2v) is 6.79. The van der Waals surface area contributed by atoms with Crippen molar-refractivity contribution in [1.29, 1.82) is 0 Å². The predicted molar refractivity (Wildman–Crippen MR) is 109 cm³/mol. The second kappa shape index (κ2) is 8.80. The Bertz CT molecular complexity index is 744. The van der Waals surface area contributed by atoms with Gasteiger partial charge in [-0.2, -0.15) is 4.98 Å². The molecule has 3 N–H and O–H groups in total. The Morgan fingerprint density at radius 1 is 1.19 bits per heavy atom. The predicted octanol–water partition coefficient (Wildman–Crippen LogP) is 4.16. The summed E-state index contributed by atoms with van der Waals surface area (Å²) in [6.07, 6.45) is 4.86. The van der Waals surface area contributed by atoms with Gasteiger partial charge in [-0.3, -0.25) is 0 Å². The summed E-state index contributed by atoms with van der Waals surface area (Å²) in [5.74, 6) is 2.06. The van der Waals surface area contributed by atoms with E-state index in [2.05, 4.69) is 25.9 Å². The number of aryl methyl sites for hydroxylation is 1. The van der Waals surface area contributed by atoms with Crippen molar-refractivity contribution in [3.05, 3.63) is 36.0 Å². The van der Waals surface area contributed by atoms with Crippen LogP contribution in [0, 0.1) is 6.92 Å². The summed E-state index contributed by atoms with van der Waals surface area (Å²) in [6.45, 7) is 4.56. The smallest absolute Gasteiger partial charge is 0.231 e. The maximum Gasteiger partial charge on any atom is 0.231 e. The maximum atomic E-state index is 5.46. The zero-order chi connectivity index (χ0) is 18.4. The highest BCUT2D eigenvalue weighted by molar-refractivity contribution is 7.80. The molecule has 0 spiro atoms. The highest BCUT2D eigenvalue weighted by Gasteiger charge is 2.16. The average Bonchev–Trinajstić information content (AvgIpc) is 3.09. The Kier molecular flexibility index (Phi) is 6.22. The molecule has 1 heterocycles. The van der Waals surface area contributed by atoms with Crippen LogP contribution in [0.4, 0.5) is 17.5 Å². The van der Waals surface area contributed by atoms with Gasteiger partial charge in [-0.25, -0.2) is 4.98 Å². The highest BCUT2D eigenvalue weighted by Crippen LogP contribution is 2.21. The van der Waals surface area contributed by atoms with E-state index in [9.17, 15) is 0 Å². The molecule has 0 unspecified atom stereocenters. The van der Waals surface area contributed by atoms with Crippen molar-refractivity contribution in [2.24, 2.45) is 0 Å². The Balaban J connectivity index is 1.63. The monoisotopic (exact) mass is 371 g/mol. The van der Waals surface area contributed by atoms with Crippen molar-refractivity contribution in [3.8, 4) is 5.75 Å². The number of thiocarbonyl (C=S) groups is 1. The minimum atomic E-state index is 0.459. The van der Waals surface area contributed by atoms with E-state index in [4.69, 9.17) is 17.0 Å². The molecule has 1 aromatic heterocycles. The molecule has 7 heteroatoms. The Morgan fingerprint density at radius 3 is 2.62 bits per heavy atom. The van der Waals surface area contributed by atoms with Gasteiger partial charge in [0, 0.05) is 23.5 Å². The molecule has 138 valence electrons. The number of ether oxygens (including phenoxy) is 1. The molecule has 3 rings (SSSR count). The molecule has 0 radical (unpaired) electrons. The number of rotatable bonds is 6. The lowest BCUT2D eigenvalue weighted by Gasteiger charge is -2.15. The molecule has 1 saturated carbocycles. The fourth-order valence-corrected chi connectivity index (χ4v) is 3.29. The summed E-state index contributed by atoms with van der Waals surface area (Å²) in [5, 5.41) is 10.3. The third-order valence-electron chi connectivity index (χ3n) is 4.21. The van der Waals surface area contributed by atoms with Crippen LogP contribution in [0.5, 0.6) is 5.75 Å². The molecule has 0 aliphatic heterocycles. The van der Waals surface area contributed by atoms with Gasteiger partial charge in [0.15, 0.2) is 5.11 Å². The molecule has 2 aromatic rings. The topological polar surface area (TPSA) is 71.1 Å². The highest BCUT2D eigenvalue weighted by atomic mass is 32.1. The van der Waals surface area contributed by atoms with Gasteiger partial charge in [0.2, 0.25) is 5.95 Å². The van der Waals surface area contributed by atoms with E-state index < -0.39 is 0 Å². The molecule has 0 saturated heterocycles. The molecule has 26 heavy (non-hydrogen) atoms. The normalized spacial score (nSPS) is 14.1. The molecule has 1 fully saturated rings. The minimum absolute atomic E-state index is 0.459. The van der Waals surface area contributed by atoms with Crippen molar-refractivity contribution in [2.45, 2.75) is 45.6 Å². The summed E-state index contributed by atoms with van der Waals surface area (Å²) in [7, 11) is 0. The molecule has 0 bridgehead atoms. The van der Waals surface area contributed by atoms with E-state index in [0.29, 0.717) is 29.5 Å². The van der Waals surface area contributed by atoms with Gasteiger partial charge < -0.3 is 20.7 Å². The van der Waals surface area contributed by atoms with Gasteiger partial charge in [0.05, 0.1) is 6.61 Å². The second-order valence-electron chi connectivity index (χ2n) is 6.38. The van der Waals surface area contributed by atoms with E-state index in [1.54, 1.807) is 0 Å². The quantitative estimate of drug-likeness (QED) is 0.659. The molecule has 1 aromatic carbocycles. The van der Waals surface area contributed by atoms with Crippen LogP contribution >= 0.6 is 12.2 Å². The minimum Gasteiger partial charge on any atom is -0.494 e.